The summed E-state index contributed by atoms with van der Waals surface area (Å²) >= 11 is 0. The lowest BCUT2D eigenvalue weighted by molar-refractivity contribution is -0.137. The number of hydrogen-bond donors (Lipinski definition) is 0. The highest BCUT2D eigenvalue weighted by atomic mass is 32.2. The molecule has 7 heteroatoms. The van der Waals surface area contributed by atoms with Gasteiger partial charge in [0.1, 0.15) is 0 Å². The summed E-state index contributed by atoms with van der Waals surface area (Å²) in [6.07, 6.45) is 1.11. The molecule has 1 amide bonds. The molecule has 168 valence electrons. The van der Waals surface area contributed by atoms with Crippen molar-refractivity contribution in [3.8, 4) is 0 Å². The number of carbonyl (C=O) groups excluding carboxylic acids is 1. The zero-order valence-electron chi connectivity index (χ0n) is 18.7. The van der Waals surface area contributed by atoms with Crippen molar-refractivity contribution in [1.82, 2.24) is 14.1 Å². The summed E-state index contributed by atoms with van der Waals surface area (Å²) in [5.74, 6) is -0.0200. The minimum absolute atomic E-state index is 0.123. The van der Waals surface area contributed by atoms with E-state index < -0.39 is 10.0 Å². The summed E-state index contributed by atoms with van der Waals surface area (Å²) in [6.45, 7) is 4.71. The third-order valence-electron chi connectivity index (χ3n) is 5.81. The second-order valence-corrected chi connectivity index (χ2v) is 10.5. The standard InChI is InChI=1S/C24H33N3O3S/c1-20-9-11-23(12-10-20)31(29,30)27-15-13-22(14-16-27)24(28)26(18-17-25(2)3)19-21-7-5-4-6-8-21/h4-12,22H,13-19H2,1-3H3. The number of amides is 1. The lowest BCUT2D eigenvalue weighted by atomic mass is 9.96. The number of piperidine rings is 1. The van der Waals surface area contributed by atoms with Gasteiger partial charge in [-0.15, -0.1) is 0 Å². The molecule has 3 rings (SSSR count). The average Bonchev–Trinajstić information content (AvgIpc) is 2.77. The highest BCUT2D eigenvalue weighted by Gasteiger charge is 2.33. The van der Waals surface area contributed by atoms with Crippen LogP contribution in [0.25, 0.3) is 0 Å². The Morgan fingerprint density at radius 3 is 2.16 bits per heavy atom. The Hall–Kier alpha value is -2.22. The molecule has 0 aromatic heterocycles. The van der Waals surface area contributed by atoms with E-state index in [4.69, 9.17) is 0 Å². The second kappa shape index (κ2) is 10.4. The van der Waals surface area contributed by atoms with E-state index in [0.29, 0.717) is 43.9 Å². The molecule has 1 saturated heterocycles. The van der Waals surface area contributed by atoms with Crippen molar-refractivity contribution < 1.29 is 13.2 Å². The highest BCUT2D eigenvalue weighted by Crippen LogP contribution is 2.26. The second-order valence-electron chi connectivity index (χ2n) is 8.54. The van der Waals surface area contributed by atoms with Gasteiger partial charge in [-0.1, -0.05) is 48.0 Å². The number of hydrogen-bond acceptors (Lipinski definition) is 4. The topological polar surface area (TPSA) is 60.9 Å². The van der Waals surface area contributed by atoms with Gasteiger partial charge in [-0.2, -0.15) is 4.31 Å². The van der Waals surface area contributed by atoms with Crippen LogP contribution in [0.1, 0.15) is 24.0 Å². The van der Waals surface area contributed by atoms with E-state index in [0.717, 1.165) is 17.7 Å². The van der Waals surface area contributed by atoms with E-state index >= 15 is 0 Å². The summed E-state index contributed by atoms with van der Waals surface area (Å²) in [7, 11) is 0.483. The van der Waals surface area contributed by atoms with E-state index in [1.54, 1.807) is 12.1 Å². The van der Waals surface area contributed by atoms with Crippen LogP contribution in [-0.2, 0) is 21.4 Å². The van der Waals surface area contributed by atoms with Crippen LogP contribution < -0.4 is 0 Å². The zero-order chi connectivity index (χ0) is 22.4. The molecule has 1 aliphatic heterocycles. The van der Waals surface area contributed by atoms with Crippen LogP contribution in [0.5, 0.6) is 0 Å². The fourth-order valence-electron chi connectivity index (χ4n) is 3.85. The maximum atomic E-state index is 13.3. The number of nitrogens with zero attached hydrogens (tertiary/aromatic N) is 3. The fourth-order valence-corrected chi connectivity index (χ4v) is 5.32. The maximum Gasteiger partial charge on any atom is 0.243 e. The van der Waals surface area contributed by atoms with Gasteiger partial charge in [0, 0.05) is 38.6 Å². The molecule has 1 fully saturated rings. The first-order chi connectivity index (χ1) is 14.8. The monoisotopic (exact) mass is 443 g/mol. The van der Waals surface area contributed by atoms with E-state index in [-0.39, 0.29) is 11.8 Å². The molecule has 0 atom stereocenters. The lowest BCUT2D eigenvalue weighted by Crippen LogP contribution is -2.45. The van der Waals surface area contributed by atoms with Crippen molar-refractivity contribution in [3.63, 3.8) is 0 Å². The van der Waals surface area contributed by atoms with Gasteiger partial charge in [-0.05, 0) is 51.6 Å². The Labute approximate surface area is 186 Å². The molecule has 1 heterocycles. The molecule has 1 aliphatic rings. The highest BCUT2D eigenvalue weighted by molar-refractivity contribution is 7.89. The van der Waals surface area contributed by atoms with Crippen molar-refractivity contribution in [2.75, 3.05) is 40.3 Å². The van der Waals surface area contributed by atoms with Crippen LogP contribution in [0.2, 0.25) is 0 Å². The van der Waals surface area contributed by atoms with Crippen LogP contribution in [0, 0.1) is 12.8 Å². The average molecular weight is 444 g/mol. The zero-order valence-corrected chi connectivity index (χ0v) is 19.5. The first-order valence-electron chi connectivity index (χ1n) is 10.8. The molecular formula is C24H33N3O3S. The van der Waals surface area contributed by atoms with E-state index in [1.807, 2.05) is 68.4 Å². The first-order valence-corrected chi connectivity index (χ1v) is 12.3. The number of carbonyl (C=O) groups is 1. The summed E-state index contributed by atoms with van der Waals surface area (Å²) in [6, 6.07) is 17.0. The van der Waals surface area contributed by atoms with Gasteiger partial charge in [-0.3, -0.25) is 4.79 Å². The first kappa shape index (κ1) is 23.4. The predicted molar refractivity (Wildman–Crippen MR) is 123 cm³/mol. The SMILES string of the molecule is Cc1ccc(S(=O)(=O)N2CCC(C(=O)N(CCN(C)C)Cc3ccccc3)CC2)cc1. The van der Waals surface area contributed by atoms with Crippen LogP contribution >= 0.6 is 0 Å². The molecule has 6 nitrogen and oxygen atoms in total. The summed E-state index contributed by atoms with van der Waals surface area (Å²) in [4.78, 5) is 17.6. The third-order valence-corrected chi connectivity index (χ3v) is 7.72. The third kappa shape index (κ3) is 6.15. The summed E-state index contributed by atoms with van der Waals surface area (Å²) in [5, 5.41) is 0. The van der Waals surface area contributed by atoms with E-state index in [9.17, 15) is 13.2 Å². The van der Waals surface area contributed by atoms with Crippen molar-refractivity contribution in [2.24, 2.45) is 5.92 Å². The van der Waals surface area contributed by atoms with Gasteiger partial charge in [0.15, 0.2) is 0 Å². The van der Waals surface area contributed by atoms with E-state index in [1.165, 1.54) is 4.31 Å². The van der Waals surface area contributed by atoms with Crippen molar-refractivity contribution in [2.45, 2.75) is 31.2 Å². The van der Waals surface area contributed by atoms with Gasteiger partial charge in [0.05, 0.1) is 4.90 Å². The van der Waals surface area contributed by atoms with Gasteiger partial charge in [0.25, 0.3) is 0 Å². The fraction of sp³-hybridized carbons (Fsp3) is 0.458. The van der Waals surface area contributed by atoms with Crippen molar-refractivity contribution >= 4 is 15.9 Å². The Morgan fingerprint density at radius 2 is 1.58 bits per heavy atom. The Morgan fingerprint density at radius 1 is 0.968 bits per heavy atom. The molecule has 2 aromatic rings. The lowest BCUT2D eigenvalue weighted by Gasteiger charge is -2.34. The van der Waals surface area contributed by atoms with Crippen molar-refractivity contribution in [1.29, 1.82) is 0 Å². The number of benzene rings is 2. The van der Waals surface area contributed by atoms with Gasteiger partial charge in [-0.25, -0.2) is 8.42 Å². The Bertz CT molecular complexity index is 951. The van der Waals surface area contributed by atoms with Gasteiger partial charge < -0.3 is 9.80 Å². The maximum absolute atomic E-state index is 13.3. The van der Waals surface area contributed by atoms with Crippen molar-refractivity contribution in [3.05, 3.63) is 65.7 Å². The number of likely N-dealkylation sites (N-methyl/N-ethyl adjacent to an activating group) is 1. The van der Waals surface area contributed by atoms with Crippen LogP contribution in [-0.4, -0.2) is 68.7 Å². The molecular weight excluding hydrogens is 410 g/mol. The normalized spacial score (nSPS) is 15.9. The molecule has 0 radical (unpaired) electrons. The Balaban J connectivity index is 1.65. The van der Waals surface area contributed by atoms with Crippen LogP contribution in [0.4, 0.5) is 0 Å². The molecule has 0 bridgehead atoms. The number of aryl methyl sites for hydroxylation is 1. The quantitative estimate of drug-likeness (QED) is 0.629. The Kier molecular flexibility index (Phi) is 7.86. The number of sulfonamides is 1. The van der Waals surface area contributed by atoms with Crippen LogP contribution in [0.15, 0.2) is 59.5 Å². The summed E-state index contributed by atoms with van der Waals surface area (Å²) in [5.41, 5.74) is 2.13. The van der Waals surface area contributed by atoms with Gasteiger partial charge >= 0.3 is 0 Å². The number of rotatable bonds is 8. The molecule has 0 aliphatic carbocycles. The molecule has 0 spiro atoms. The molecule has 0 N–H and O–H groups in total. The molecule has 31 heavy (non-hydrogen) atoms. The largest absolute Gasteiger partial charge is 0.337 e. The predicted octanol–water partition coefficient (Wildman–Crippen LogP) is 2.99. The minimum Gasteiger partial charge on any atom is -0.337 e. The van der Waals surface area contributed by atoms with E-state index in [2.05, 4.69) is 4.90 Å². The van der Waals surface area contributed by atoms with Gasteiger partial charge in [0.2, 0.25) is 15.9 Å². The molecule has 2 aromatic carbocycles. The minimum atomic E-state index is -3.52. The molecule has 0 saturated carbocycles. The smallest absolute Gasteiger partial charge is 0.243 e. The van der Waals surface area contributed by atoms with Crippen LogP contribution in [0.3, 0.4) is 0 Å². The molecule has 0 unspecified atom stereocenters. The summed E-state index contributed by atoms with van der Waals surface area (Å²) < 4.78 is 27.4.